The van der Waals surface area contributed by atoms with E-state index in [9.17, 15) is 4.79 Å². The molecule has 2 N–H and O–H groups in total. The molecule has 5 nitrogen and oxygen atoms in total. The van der Waals surface area contributed by atoms with Gasteiger partial charge in [0.2, 0.25) is 5.95 Å². The molecule has 2 rings (SSSR count). The molecule has 0 atom stereocenters. The van der Waals surface area contributed by atoms with E-state index in [0.717, 1.165) is 0 Å². The Bertz CT molecular complexity index is 500. The van der Waals surface area contributed by atoms with Crippen molar-refractivity contribution >= 4 is 17.6 Å². The van der Waals surface area contributed by atoms with Crippen LogP contribution in [0.15, 0.2) is 42.7 Å². The van der Waals surface area contributed by atoms with Gasteiger partial charge in [-0.3, -0.25) is 0 Å². The van der Waals surface area contributed by atoms with Crippen LogP contribution >= 0.6 is 0 Å². The van der Waals surface area contributed by atoms with Crippen molar-refractivity contribution in [2.75, 3.05) is 5.32 Å². The minimum atomic E-state index is -0.987. The fraction of sp³-hybridized carbons (Fsp3) is 0. The predicted octanol–water partition coefficient (Wildman–Crippen LogP) is 1.92. The van der Waals surface area contributed by atoms with Crippen molar-refractivity contribution in [3.05, 3.63) is 48.3 Å². The maximum Gasteiger partial charge on any atom is 0.337 e. The van der Waals surface area contributed by atoms with Crippen molar-refractivity contribution in [2.24, 2.45) is 0 Å². The first kappa shape index (κ1) is 10.1. The second kappa shape index (κ2) is 4.39. The zero-order chi connectivity index (χ0) is 11.4. The van der Waals surface area contributed by atoms with Crippen molar-refractivity contribution in [1.82, 2.24) is 9.97 Å². The number of nitrogens with one attached hydrogen (secondary N) is 1. The molecule has 0 amide bonds. The van der Waals surface area contributed by atoms with Crippen LogP contribution in [-0.2, 0) is 0 Å². The fourth-order valence-electron chi connectivity index (χ4n) is 1.26. The quantitative estimate of drug-likeness (QED) is 0.818. The van der Waals surface area contributed by atoms with Gasteiger partial charge in [0.25, 0.3) is 0 Å². The predicted molar refractivity (Wildman–Crippen MR) is 58.7 cm³/mol. The lowest BCUT2D eigenvalue weighted by atomic mass is 10.2. The van der Waals surface area contributed by atoms with E-state index >= 15 is 0 Å². The Hall–Kier alpha value is -2.43. The van der Waals surface area contributed by atoms with Gasteiger partial charge in [-0.25, -0.2) is 14.8 Å². The molecule has 0 unspecified atom stereocenters. The van der Waals surface area contributed by atoms with Gasteiger partial charge in [0, 0.05) is 12.4 Å². The summed E-state index contributed by atoms with van der Waals surface area (Å²) in [6.45, 7) is 0. The molecule has 0 aliphatic carbocycles. The summed E-state index contributed by atoms with van der Waals surface area (Å²) in [4.78, 5) is 18.8. The lowest BCUT2D eigenvalue weighted by molar-refractivity contribution is 0.0698. The maximum absolute atomic E-state index is 10.9. The van der Waals surface area contributed by atoms with E-state index in [1.54, 1.807) is 36.7 Å². The Kier molecular flexibility index (Phi) is 2.77. The molecule has 80 valence electrons. The molecule has 0 aliphatic heterocycles. The summed E-state index contributed by atoms with van der Waals surface area (Å²) in [6, 6.07) is 8.29. The topological polar surface area (TPSA) is 75.1 Å². The zero-order valence-corrected chi connectivity index (χ0v) is 8.29. The highest BCUT2D eigenvalue weighted by molar-refractivity contribution is 5.94. The van der Waals surface area contributed by atoms with Crippen molar-refractivity contribution in [3.8, 4) is 0 Å². The van der Waals surface area contributed by atoms with Gasteiger partial charge in [-0.15, -0.1) is 0 Å². The van der Waals surface area contributed by atoms with Crippen LogP contribution < -0.4 is 5.32 Å². The molecule has 1 aromatic heterocycles. The SMILES string of the molecule is O=C(O)c1ccccc1Nc1ncccn1. The standard InChI is InChI=1S/C11H9N3O2/c15-10(16)8-4-1-2-5-9(8)14-11-12-6-3-7-13-11/h1-7H,(H,15,16)(H,12,13,14). The first-order valence-electron chi connectivity index (χ1n) is 4.64. The van der Waals surface area contributed by atoms with Crippen LogP contribution in [0.5, 0.6) is 0 Å². The van der Waals surface area contributed by atoms with Crippen LogP contribution in [0.25, 0.3) is 0 Å². The third-order valence-corrected chi connectivity index (χ3v) is 1.97. The van der Waals surface area contributed by atoms with Gasteiger partial charge < -0.3 is 10.4 Å². The average molecular weight is 215 g/mol. The Morgan fingerprint density at radius 2 is 1.81 bits per heavy atom. The molecule has 0 radical (unpaired) electrons. The largest absolute Gasteiger partial charge is 0.478 e. The van der Waals surface area contributed by atoms with E-state index in [-0.39, 0.29) is 5.56 Å². The summed E-state index contributed by atoms with van der Waals surface area (Å²) < 4.78 is 0. The molecule has 0 saturated carbocycles. The van der Waals surface area contributed by atoms with Crippen LogP contribution in [0.2, 0.25) is 0 Å². The molecular formula is C11H9N3O2. The van der Waals surface area contributed by atoms with Crippen molar-refractivity contribution in [2.45, 2.75) is 0 Å². The highest BCUT2D eigenvalue weighted by atomic mass is 16.4. The van der Waals surface area contributed by atoms with Crippen LogP contribution in [-0.4, -0.2) is 21.0 Å². The molecule has 2 aromatic rings. The Balaban J connectivity index is 2.31. The average Bonchev–Trinajstić information content (AvgIpc) is 2.31. The number of rotatable bonds is 3. The summed E-state index contributed by atoms with van der Waals surface area (Å²) in [5, 5.41) is 11.8. The summed E-state index contributed by atoms with van der Waals surface area (Å²) in [5.41, 5.74) is 0.663. The Morgan fingerprint density at radius 3 is 2.50 bits per heavy atom. The van der Waals surface area contributed by atoms with Gasteiger partial charge in [0.05, 0.1) is 11.3 Å². The monoisotopic (exact) mass is 215 g/mol. The molecule has 1 aromatic carbocycles. The lowest BCUT2D eigenvalue weighted by Gasteiger charge is -2.06. The molecule has 16 heavy (non-hydrogen) atoms. The van der Waals surface area contributed by atoms with Gasteiger partial charge in [-0.2, -0.15) is 0 Å². The Labute approximate surface area is 91.8 Å². The van der Waals surface area contributed by atoms with E-state index in [4.69, 9.17) is 5.11 Å². The third-order valence-electron chi connectivity index (χ3n) is 1.97. The van der Waals surface area contributed by atoms with E-state index in [2.05, 4.69) is 15.3 Å². The number of anilines is 2. The minimum absolute atomic E-state index is 0.190. The number of aromatic carboxylic acids is 1. The van der Waals surface area contributed by atoms with Crippen LogP contribution in [0.4, 0.5) is 11.6 Å². The van der Waals surface area contributed by atoms with E-state index in [1.807, 2.05) is 0 Å². The third kappa shape index (κ3) is 2.14. The molecule has 0 fully saturated rings. The second-order valence-corrected chi connectivity index (χ2v) is 3.05. The lowest BCUT2D eigenvalue weighted by Crippen LogP contribution is -2.03. The highest BCUT2D eigenvalue weighted by Crippen LogP contribution is 2.17. The van der Waals surface area contributed by atoms with Gasteiger partial charge in [0.15, 0.2) is 0 Å². The first-order valence-corrected chi connectivity index (χ1v) is 4.64. The number of carbonyl (C=O) groups is 1. The van der Waals surface area contributed by atoms with Crippen LogP contribution in [0.1, 0.15) is 10.4 Å². The molecule has 0 aliphatic rings. The van der Waals surface area contributed by atoms with E-state index in [1.165, 1.54) is 6.07 Å². The van der Waals surface area contributed by atoms with Gasteiger partial charge >= 0.3 is 5.97 Å². The smallest absolute Gasteiger partial charge is 0.337 e. The zero-order valence-electron chi connectivity index (χ0n) is 8.29. The molecule has 0 spiro atoms. The number of para-hydroxylation sites is 1. The van der Waals surface area contributed by atoms with Gasteiger partial charge in [-0.1, -0.05) is 12.1 Å². The molecule has 5 heteroatoms. The summed E-state index contributed by atoms with van der Waals surface area (Å²) >= 11 is 0. The minimum Gasteiger partial charge on any atom is -0.478 e. The van der Waals surface area contributed by atoms with Crippen LogP contribution in [0.3, 0.4) is 0 Å². The number of aromatic nitrogens is 2. The van der Waals surface area contributed by atoms with E-state index < -0.39 is 5.97 Å². The number of benzene rings is 1. The number of nitrogens with zero attached hydrogens (tertiary/aromatic N) is 2. The van der Waals surface area contributed by atoms with Gasteiger partial charge in [0.1, 0.15) is 0 Å². The molecule has 0 bridgehead atoms. The number of hydrogen-bond acceptors (Lipinski definition) is 4. The number of carboxylic acids is 1. The van der Waals surface area contributed by atoms with Crippen molar-refractivity contribution in [1.29, 1.82) is 0 Å². The summed E-state index contributed by atoms with van der Waals surface area (Å²) in [6.07, 6.45) is 3.16. The molecular weight excluding hydrogens is 206 g/mol. The normalized spacial score (nSPS) is 9.75. The summed E-state index contributed by atoms with van der Waals surface area (Å²) in [5.74, 6) is -0.616. The molecule has 0 saturated heterocycles. The second-order valence-electron chi connectivity index (χ2n) is 3.05. The summed E-state index contributed by atoms with van der Waals surface area (Å²) in [7, 11) is 0. The fourth-order valence-corrected chi connectivity index (χ4v) is 1.26. The van der Waals surface area contributed by atoms with Gasteiger partial charge in [-0.05, 0) is 18.2 Å². The first-order chi connectivity index (χ1) is 7.77. The van der Waals surface area contributed by atoms with Crippen LogP contribution in [0, 0.1) is 0 Å². The molecule has 1 heterocycles. The number of hydrogen-bond donors (Lipinski definition) is 2. The van der Waals surface area contributed by atoms with E-state index in [0.29, 0.717) is 11.6 Å². The Morgan fingerprint density at radius 1 is 1.12 bits per heavy atom. The number of carboxylic acid groups (broad SMARTS) is 1. The highest BCUT2D eigenvalue weighted by Gasteiger charge is 2.09. The maximum atomic E-state index is 10.9. The van der Waals surface area contributed by atoms with Crippen molar-refractivity contribution in [3.63, 3.8) is 0 Å². The van der Waals surface area contributed by atoms with Crippen molar-refractivity contribution < 1.29 is 9.90 Å².